The SMILES string of the molecule is CC(=O)N(CCC(=O)Nc1ccccc1)Cc1cccc(C)c1. The summed E-state index contributed by atoms with van der Waals surface area (Å²) in [6.07, 6.45) is 0.278. The van der Waals surface area contributed by atoms with Gasteiger partial charge in [-0.15, -0.1) is 0 Å². The van der Waals surface area contributed by atoms with Crippen molar-refractivity contribution in [2.75, 3.05) is 11.9 Å². The summed E-state index contributed by atoms with van der Waals surface area (Å²) in [6, 6.07) is 17.4. The number of para-hydroxylation sites is 1. The number of amides is 2. The van der Waals surface area contributed by atoms with Crippen molar-refractivity contribution in [1.82, 2.24) is 4.90 Å². The fraction of sp³-hybridized carbons (Fsp3) is 0.263. The Labute approximate surface area is 137 Å². The predicted molar refractivity (Wildman–Crippen MR) is 92.0 cm³/mol. The number of carbonyl (C=O) groups is 2. The van der Waals surface area contributed by atoms with E-state index < -0.39 is 0 Å². The van der Waals surface area contributed by atoms with Crippen LogP contribution in [-0.4, -0.2) is 23.3 Å². The van der Waals surface area contributed by atoms with Crippen LogP contribution in [0.25, 0.3) is 0 Å². The molecule has 0 bridgehead atoms. The molecule has 0 saturated carbocycles. The predicted octanol–water partition coefficient (Wildman–Crippen LogP) is 3.37. The third-order valence-corrected chi connectivity index (χ3v) is 3.57. The van der Waals surface area contributed by atoms with Crippen LogP contribution in [0.15, 0.2) is 54.6 Å². The van der Waals surface area contributed by atoms with E-state index in [0.717, 1.165) is 16.8 Å². The Bertz CT molecular complexity index is 668. The quantitative estimate of drug-likeness (QED) is 0.889. The second-order valence-electron chi connectivity index (χ2n) is 5.59. The Morgan fingerprint density at radius 3 is 2.43 bits per heavy atom. The van der Waals surface area contributed by atoms with Crippen molar-refractivity contribution >= 4 is 17.5 Å². The maximum Gasteiger partial charge on any atom is 0.226 e. The minimum absolute atomic E-state index is 0.0287. The molecule has 0 unspecified atom stereocenters. The third kappa shape index (κ3) is 5.58. The lowest BCUT2D eigenvalue weighted by atomic mass is 10.1. The molecule has 1 N–H and O–H groups in total. The van der Waals surface area contributed by atoms with Crippen LogP contribution in [0.1, 0.15) is 24.5 Å². The second kappa shape index (κ2) is 8.13. The average molecular weight is 310 g/mol. The molecule has 23 heavy (non-hydrogen) atoms. The van der Waals surface area contributed by atoms with Crippen LogP contribution in [0.4, 0.5) is 5.69 Å². The topological polar surface area (TPSA) is 49.4 Å². The number of benzene rings is 2. The standard InChI is InChI=1S/C19H22N2O2/c1-15-7-6-8-17(13-15)14-21(16(2)22)12-11-19(23)20-18-9-4-3-5-10-18/h3-10,13H,11-12,14H2,1-2H3,(H,20,23). The van der Waals surface area contributed by atoms with Crippen LogP contribution in [-0.2, 0) is 16.1 Å². The van der Waals surface area contributed by atoms with E-state index in [-0.39, 0.29) is 18.2 Å². The zero-order valence-corrected chi connectivity index (χ0v) is 13.6. The Morgan fingerprint density at radius 2 is 1.78 bits per heavy atom. The number of rotatable bonds is 6. The molecule has 0 heterocycles. The lowest BCUT2D eigenvalue weighted by Crippen LogP contribution is -2.31. The number of hydrogen-bond donors (Lipinski definition) is 1. The van der Waals surface area contributed by atoms with Gasteiger partial charge in [-0.25, -0.2) is 0 Å². The molecule has 0 aliphatic rings. The normalized spacial score (nSPS) is 10.2. The van der Waals surface area contributed by atoms with E-state index in [0.29, 0.717) is 13.1 Å². The first-order chi connectivity index (χ1) is 11.0. The summed E-state index contributed by atoms with van der Waals surface area (Å²) >= 11 is 0. The number of carbonyl (C=O) groups excluding carboxylic acids is 2. The van der Waals surface area contributed by atoms with Crippen molar-refractivity contribution in [2.24, 2.45) is 0 Å². The van der Waals surface area contributed by atoms with Crippen LogP contribution < -0.4 is 5.32 Å². The van der Waals surface area contributed by atoms with Crippen molar-refractivity contribution < 1.29 is 9.59 Å². The monoisotopic (exact) mass is 310 g/mol. The molecule has 4 nitrogen and oxygen atoms in total. The van der Waals surface area contributed by atoms with E-state index in [1.165, 1.54) is 6.92 Å². The molecule has 0 aliphatic heterocycles. The van der Waals surface area contributed by atoms with Gasteiger partial charge in [0, 0.05) is 32.1 Å². The Kier molecular flexibility index (Phi) is 5.92. The second-order valence-corrected chi connectivity index (χ2v) is 5.59. The highest BCUT2D eigenvalue weighted by Crippen LogP contribution is 2.10. The van der Waals surface area contributed by atoms with Crippen molar-refractivity contribution in [1.29, 1.82) is 0 Å². The van der Waals surface area contributed by atoms with Gasteiger partial charge >= 0.3 is 0 Å². The summed E-state index contributed by atoms with van der Waals surface area (Å²) in [4.78, 5) is 25.5. The van der Waals surface area contributed by atoms with Gasteiger partial charge < -0.3 is 10.2 Å². The van der Waals surface area contributed by atoms with Crippen molar-refractivity contribution in [2.45, 2.75) is 26.8 Å². The van der Waals surface area contributed by atoms with Crippen molar-refractivity contribution in [3.63, 3.8) is 0 Å². The molecule has 0 atom stereocenters. The summed E-state index contributed by atoms with van der Waals surface area (Å²) in [6.45, 7) is 4.48. The van der Waals surface area contributed by atoms with E-state index in [2.05, 4.69) is 11.4 Å². The lowest BCUT2D eigenvalue weighted by Gasteiger charge is -2.21. The van der Waals surface area contributed by atoms with E-state index in [9.17, 15) is 9.59 Å². The van der Waals surface area contributed by atoms with Gasteiger partial charge in [0.25, 0.3) is 0 Å². The minimum Gasteiger partial charge on any atom is -0.338 e. The Balaban J connectivity index is 1.89. The van der Waals surface area contributed by atoms with E-state index in [4.69, 9.17) is 0 Å². The summed E-state index contributed by atoms with van der Waals surface area (Å²) in [5, 5.41) is 2.83. The van der Waals surface area contributed by atoms with Gasteiger partial charge in [-0.2, -0.15) is 0 Å². The average Bonchev–Trinajstić information content (AvgIpc) is 2.52. The highest BCUT2D eigenvalue weighted by molar-refractivity contribution is 5.91. The smallest absolute Gasteiger partial charge is 0.226 e. The maximum atomic E-state index is 12.0. The van der Waals surface area contributed by atoms with Gasteiger partial charge in [0.2, 0.25) is 11.8 Å². The van der Waals surface area contributed by atoms with Gasteiger partial charge in [-0.05, 0) is 24.6 Å². The van der Waals surface area contributed by atoms with Gasteiger partial charge in [0.15, 0.2) is 0 Å². The first-order valence-electron chi connectivity index (χ1n) is 7.70. The fourth-order valence-corrected chi connectivity index (χ4v) is 2.36. The largest absolute Gasteiger partial charge is 0.338 e. The molecule has 0 saturated heterocycles. The number of hydrogen-bond acceptors (Lipinski definition) is 2. The maximum absolute atomic E-state index is 12.0. The molecule has 4 heteroatoms. The highest BCUT2D eigenvalue weighted by atomic mass is 16.2. The van der Waals surface area contributed by atoms with Crippen molar-refractivity contribution in [3.8, 4) is 0 Å². The first kappa shape index (κ1) is 16.7. The zero-order chi connectivity index (χ0) is 16.7. The molecule has 0 radical (unpaired) electrons. The van der Waals surface area contributed by atoms with Crippen LogP contribution in [0.2, 0.25) is 0 Å². The molecule has 0 aromatic heterocycles. The molecule has 2 aromatic rings. The lowest BCUT2D eigenvalue weighted by molar-refractivity contribution is -0.129. The van der Waals surface area contributed by atoms with Crippen LogP contribution in [0.3, 0.4) is 0 Å². The zero-order valence-electron chi connectivity index (χ0n) is 13.6. The van der Waals surface area contributed by atoms with Crippen LogP contribution >= 0.6 is 0 Å². The number of nitrogens with zero attached hydrogens (tertiary/aromatic N) is 1. The number of anilines is 1. The minimum atomic E-state index is -0.0910. The number of aryl methyl sites for hydroxylation is 1. The molecular weight excluding hydrogens is 288 g/mol. The molecule has 0 spiro atoms. The molecule has 0 fully saturated rings. The molecular formula is C19H22N2O2. The molecule has 2 amide bonds. The first-order valence-corrected chi connectivity index (χ1v) is 7.70. The molecule has 0 aliphatic carbocycles. The van der Waals surface area contributed by atoms with Crippen LogP contribution in [0.5, 0.6) is 0 Å². The van der Waals surface area contributed by atoms with E-state index >= 15 is 0 Å². The van der Waals surface area contributed by atoms with E-state index in [1.54, 1.807) is 4.90 Å². The van der Waals surface area contributed by atoms with E-state index in [1.807, 2.05) is 55.5 Å². The molecule has 2 rings (SSSR count). The summed E-state index contributed by atoms with van der Waals surface area (Å²) < 4.78 is 0. The Hall–Kier alpha value is -2.62. The van der Waals surface area contributed by atoms with Gasteiger partial charge in [0.05, 0.1) is 0 Å². The highest BCUT2D eigenvalue weighted by Gasteiger charge is 2.12. The van der Waals surface area contributed by atoms with Crippen molar-refractivity contribution in [3.05, 3.63) is 65.7 Å². The Morgan fingerprint density at radius 1 is 1.04 bits per heavy atom. The fourth-order valence-electron chi connectivity index (χ4n) is 2.36. The number of nitrogens with one attached hydrogen (secondary N) is 1. The summed E-state index contributed by atoms with van der Waals surface area (Å²) in [5.74, 6) is -0.120. The van der Waals surface area contributed by atoms with Crippen LogP contribution in [0, 0.1) is 6.92 Å². The third-order valence-electron chi connectivity index (χ3n) is 3.57. The molecule has 120 valence electrons. The summed E-state index contributed by atoms with van der Waals surface area (Å²) in [7, 11) is 0. The molecule has 2 aromatic carbocycles. The summed E-state index contributed by atoms with van der Waals surface area (Å²) in [5.41, 5.74) is 3.00. The van der Waals surface area contributed by atoms with Gasteiger partial charge in [0.1, 0.15) is 0 Å². The van der Waals surface area contributed by atoms with Gasteiger partial charge in [-0.1, -0.05) is 48.0 Å². The van der Waals surface area contributed by atoms with Gasteiger partial charge in [-0.3, -0.25) is 9.59 Å².